The van der Waals surface area contributed by atoms with Gasteiger partial charge in [-0.25, -0.2) is 9.78 Å². The molecule has 0 unspecified atom stereocenters. The number of aryl methyl sites for hydroxylation is 1. The molecule has 0 amide bonds. The zero-order valence-electron chi connectivity index (χ0n) is 11.2. The molecule has 0 aliphatic rings. The van der Waals surface area contributed by atoms with Gasteiger partial charge in [-0.15, -0.1) is 0 Å². The molecule has 1 aromatic carbocycles. The number of carboxylic acid groups (broad SMARTS) is 1. The smallest absolute Gasteiger partial charge is 0.339 e. The maximum atomic E-state index is 11.2. The highest BCUT2D eigenvalue weighted by atomic mass is 16.5. The van der Waals surface area contributed by atoms with Gasteiger partial charge >= 0.3 is 5.97 Å². The number of aromatic nitrogens is 3. The van der Waals surface area contributed by atoms with Crippen molar-refractivity contribution in [3.8, 4) is 11.5 Å². The minimum Gasteiger partial charge on any atom is -0.490 e. The number of benzene rings is 1. The summed E-state index contributed by atoms with van der Waals surface area (Å²) in [6.07, 6.45) is 1.41. The first-order chi connectivity index (χ1) is 9.63. The Labute approximate surface area is 115 Å². The second-order valence-electron chi connectivity index (χ2n) is 3.96. The van der Waals surface area contributed by atoms with E-state index in [-0.39, 0.29) is 17.9 Å². The van der Waals surface area contributed by atoms with Gasteiger partial charge in [0.2, 0.25) is 0 Å². The van der Waals surface area contributed by atoms with Crippen LogP contribution in [0.5, 0.6) is 11.5 Å². The molecule has 7 heteroatoms. The standard InChI is InChI=1S/C13H15N3O4/c1-3-19-10-6-4-5-9(13(17)18)12(10)20-7-11-14-8-15-16(11)2/h4-6,8H,3,7H2,1-2H3,(H,17,18). The molecule has 2 rings (SSSR count). The van der Waals surface area contributed by atoms with Crippen LogP contribution in [0.25, 0.3) is 0 Å². The van der Waals surface area contributed by atoms with E-state index in [4.69, 9.17) is 9.47 Å². The largest absolute Gasteiger partial charge is 0.490 e. The maximum absolute atomic E-state index is 11.2. The van der Waals surface area contributed by atoms with Crippen molar-refractivity contribution < 1.29 is 19.4 Å². The van der Waals surface area contributed by atoms with Gasteiger partial charge in [0, 0.05) is 7.05 Å². The van der Waals surface area contributed by atoms with E-state index in [9.17, 15) is 9.90 Å². The quantitative estimate of drug-likeness (QED) is 0.860. The summed E-state index contributed by atoms with van der Waals surface area (Å²) in [5.74, 6) is 0.117. The Morgan fingerprint density at radius 2 is 2.20 bits per heavy atom. The molecule has 1 N–H and O–H groups in total. The van der Waals surface area contributed by atoms with Gasteiger partial charge in [-0.2, -0.15) is 5.10 Å². The molecule has 106 valence electrons. The van der Waals surface area contributed by atoms with E-state index in [0.29, 0.717) is 18.2 Å². The summed E-state index contributed by atoms with van der Waals surface area (Å²) >= 11 is 0. The van der Waals surface area contributed by atoms with Crippen molar-refractivity contribution >= 4 is 5.97 Å². The van der Waals surface area contributed by atoms with Crippen LogP contribution in [0.1, 0.15) is 23.1 Å². The summed E-state index contributed by atoms with van der Waals surface area (Å²) in [6.45, 7) is 2.35. The van der Waals surface area contributed by atoms with E-state index in [1.165, 1.54) is 12.4 Å². The van der Waals surface area contributed by atoms with E-state index in [2.05, 4.69) is 10.1 Å². The van der Waals surface area contributed by atoms with Crippen molar-refractivity contribution in [3.63, 3.8) is 0 Å². The van der Waals surface area contributed by atoms with Crippen LogP contribution in [0, 0.1) is 0 Å². The molecule has 0 fully saturated rings. The summed E-state index contributed by atoms with van der Waals surface area (Å²) in [7, 11) is 1.73. The topological polar surface area (TPSA) is 86.5 Å². The lowest BCUT2D eigenvalue weighted by atomic mass is 10.2. The van der Waals surface area contributed by atoms with Crippen LogP contribution in [0.3, 0.4) is 0 Å². The van der Waals surface area contributed by atoms with E-state index in [1.54, 1.807) is 23.9 Å². The van der Waals surface area contributed by atoms with Crippen LogP contribution in [0.4, 0.5) is 0 Å². The molecule has 0 bridgehead atoms. The lowest BCUT2D eigenvalue weighted by Crippen LogP contribution is -2.09. The molecule has 0 saturated carbocycles. The van der Waals surface area contributed by atoms with E-state index < -0.39 is 5.97 Å². The summed E-state index contributed by atoms with van der Waals surface area (Å²) in [5, 5.41) is 13.1. The van der Waals surface area contributed by atoms with Crippen LogP contribution in [-0.2, 0) is 13.7 Å². The lowest BCUT2D eigenvalue weighted by molar-refractivity contribution is 0.0690. The van der Waals surface area contributed by atoms with Crippen molar-refractivity contribution in [2.45, 2.75) is 13.5 Å². The first kappa shape index (κ1) is 13.9. The number of hydrogen-bond donors (Lipinski definition) is 1. The summed E-state index contributed by atoms with van der Waals surface area (Å²) < 4.78 is 12.5. The molecule has 0 aliphatic heterocycles. The van der Waals surface area contributed by atoms with Gasteiger partial charge in [0.05, 0.1) is 6.61 Å². The first-order valence-electron chi connectivity index (χ1n) is 6.08. The third kappa shape index (κ3) is 2.87. The molecule has 0 radical (unpaired) electrons. The Kier molecular flexibility index (Phi) is 4.19. The molecule has 1 heterocycles. The maximum Gasteiger partial charge on any atom is 0.339 e. The zero-order chi connectivity index (χ0) is 14.5. The highest BCUT2D eigenvalue weighted by molar-refractivity contribution is 5.92. The summed E-state index contributed by atoms with van der Waals surface area (Å²) in [5.41, 5.74) is 0.0538. The number of rotatable bonds is 6. The monoisotopic (exact) mass is 277 g/mol. The minimum absolute atomic E-state index is 0.0538. The Morgan fingerprint density at radius 3 is 2.80 bits per heavy atom. The van der Waals surface area contributed by atoms with Gasteiger partial charge in [-0.05, 0) is 19.1 Å². The number of ether oxygens (including phenoxy) is 2. The van der Waals surface area contributed by atoms with Gasteiger partial charge in [-0.1, -0.05) is 6.07 Å². The van der Waals surface area contributed by atoms with Crippen molar-refractivity contribution in [3.05, 3.63) is 35.9 Å². The van der Waals surface area contributed by atoms with Crippen molar-refractivity contribution in [1.29, 1.82) is 0 Å². The number of para-hydroxylation sites is 1. The fraction of sp³-hybridized carbons (Fsp3) is 0.308. The van der Waals surface area contributed by atoms with Crippen molar-refractivity contribution in [1.82, 2.24) is 14.8 Å². The second-order valence-corrected chi connectivity index (χ2v) is 3.96. The van der Waals surface area contributed by atoms with Gasteiger partial charge in [0.1, 0.15) is 18.5 Å². The van der Waals surface area contributed by atoms with Crippen molar-refractivity contribution in [2.24, 2.45) is 7.05 Å². The van der Waals surface area contributed by atoms with Crippen molar-refractivity contribution in [2.75, 3.05) is 6.61 Å². The molecule has 0 spiro atoms. The average molecular weight is 277 g/mol. The van der Waals surface area contributed by atoms with Gasteiger partial charge in [0.15, 0.2) is 17.3 Å². The predicted octanol–water partition coefficient (Wildman–Crippen LogP) is 1.49. The number of carboxylic acids is 1. The fourth-order valence-electron chi connectivity index (χ4n) is 1.69. The molecular formula is C13H15N3O4. The molecule has 2 aromatic rings. The molecule has 1 aromatic heterocycles. The average Bonchev–Trinajstić information content (AvgIpc) is 2.83. The minimum atomic E-state index is -1.07. The van der Waals surface area contributed by atoms with Gasteiger partial charge in [-0.3, -0.25) is 4.68 Å². The fourth-order valence-corrected chi connectivity index (χ4v) is 1.69. The number of hydrogen-bond acceptors (Lipinski definition) is 5. The predicted molar refractivity (Wildman–Crippen MR) is 69.9 cm³/mol. The third-order valence-electron chi connectivity index (χ3n) is 2.66. The van der Waals surface area contributed by atoms with Gasteiger partial charge in [0.25, 0.3) is 0 Å². The molecule has 7 nitrogen and oxygen atoms in total. The molecule has 0 saturated heterocycles. The SMILES string of the molecule is CCOc1cccc(C(=O)O)c1OCc1ncnn1C. The van der Waals surface area contributed by atoms with Crippen LogP contribution in [0.15, 0.2) is 24.5 Å². The Bertz CT molecular complexity index is 609. The number of nitrogens with zero attached hydrogens (tertiary/aromatic N) is 3. The highest BCUT2D eigenvalue weighted by Gasteiger charge is 2.17. The normalized spacial score (nSPS) is 10.3. The van der Waals surface area contributed by atoms with Crippen LogP contribution in [0.2, 0.25) is 0 Å². The van der Waals surface area contributed by atoms with Crippen LogP contribution < -0.4 is 9.47 Å². The number of aromatic carboxylic acids is 1. The lowest BCUT2D eigenvalue weighted by Gasteiger charge is -2.13. The van der Waals surface area contributed by atoms with E-state index in [1.807, 2.05) is 6.92 Å². The molecule has 20 heavy (non-hydrogen) atoms. The Hall–Kier alpha value is -2.57. The third-order valence-corrected chi connectivity index (χ3v) is 2.66. The van der Waals surface area contributed by atoms with Gasteiger partial charge < -0.3 is 14.6 Å². The highest BCUT2D eigenvalue weighted by Crippen LogP contribution is 2.32. The Balaban J connectivity index is 2.28. The second kappa shape index (κ2) is 6.05. The Morgan fingerprint density at radius 1 is 1.40 bits per heavy atom. The van der Waals surface area contributed by atoms with E-state index >= 15 is 0 Å². The summed E-state index contributed by atoms with van der Waals surface area (Å²) in [4.78, 5) is 15.3. The molecule has 0 aliphatic carbocycles. The summed E-state index contributed by atoms with van der Waals surface area (Å²) in [6, 6.07) is 4.75. The first-order valence-corrected chi connectivity index (χ1v) is 6.08. The van der Waals surface area contributed by atoms with Crippen LogP contribution in [-0.4, -0.2) is 32.4 Å². The molecule has 0 atom stereocenters. The zero-order valence-corrected chi connectivity index (χ0v) is 11.2. The van der Waals surface area contributed by atoms with E-state index in [0.717, 1.165) is 0 Å². The molecular weight excluding hydrogens is 262 g/mol. The number of carbonyl (C=O) groups is 1. The van der Waals surface area contributed by atoms with Crippen LogP contribution >= 0.6 is 0 Å².